The molecule has 22 heavy (non-hydrogen) atoms. The highest BCUT2D eigenvalue weighted by Gasteiger charge is 2.02. The third kappa shape index (κ3) is 12.8. The SMILES string of the molecule is CC.CC.CC.Cc1cccc(C)c1C/C(N)=C/SCCN. The summed E-state index contributed by atoms with van der Waals surface area (Å²) in [6.45, 7) is 16.9. The second kappa shape index (κ2) is 20.1. The molecule has 0 saturated heterocycles. The van der Waals surface area contributed by atoms with E-state index in [0.29, 0.717) is 6.54 Å². The highest BCUT2D eigenvalue weighted by Crippen LogP contribution is 2.17. The zero-order chi connectivity index (χ0) is 18.0. The van der Waals surface area contributed by atoms with Gasteiger partial charge in [-0.1, -0.05) is 59.7 Å². The molecule has 1 aromatic carbocycles. The Morgan fingerprint density at radius 2 is 1.45 bits per heavy atom. The van der Waals surface area contributed by atoms with Crippen molar-refractivity contribution in [2.24, 2.45) is 11.5 Å². The van der Waals surface area contributed by atoms with Crippen LogP contribution >= 0.6 is 11.8 Å². The van der Waals surface area contributed by atoms with Crippen molar-refractivity contribution in [1.29, 1.82) is 0 Å². The van der Waals surface area contributed by atoms with Crippen LogP contribution in [0, 0.1) is 13.8 Å². The second-order valence-corrected chi connectivity index (χ2v) is 4.88. The molecule has 0 unspecified atom stereocenters. The average Bonchev–Trinajstić information content (AvgIpc) is 2.57. The number of rotatable bonds is 5. The Morgan fingerprint density at radius 1 is 1.00 bits per heavy atom. The van der Waals surface area contributed by atoms with E-state index in [0.717, 1.165) is 17.9 Å². The van der Waals surface area contributed by atoms with Crippen LogP contribution in [0.3, 0.4) is 0 Å². The largest absolute Gasteiger partial charge is 0.401 e. The van der Waals surface area contributed by atoms with Crippen molar-refractivity contribution < 1.29 is 0 Å². The molecule has 0 amide bonds. The lowest BCUT2D eigenvalue weighted by Crippen LogP contribution is -2.05. The minimum absolute atomic E-state index is 0.692. The van der Waals surface area contributed by atoms with Crippen LogP contribution in [-0.4, -0.2) is 12.3 Å². The van der Waals surface area contributed by atoms with Crippen LogP contribution in [0.15, 0.2) is 29.3 Å². The van der Waals surface area contributed by atoms with Crippen molar-refractivity contribution in [3.05, 3.63) is 46.0 Å². The minimum Gasteiger partial charge on any atom is -0.401 e. The maximum Gasteiger partial charge on any atom is 0.0189 e. The van der Waals surface area contributed by atoms with Gasteiger partial charge in [0.25, 0.3) is 0 Å². The summed E-state index contributed by atoms with van der Waals surface area (Å²) in [4.78, 5) is 0. The van der Waals surface area contributed by atoms with Crippen molar-refractivity contribution in [2.75, 3.05) is 12.3 Å². The lowest BCUT2D eigenvalue weighted by Gasteiger charge is -2.09. The minimum atomic E-state index is 0.692. The van der Waals surface area contributed by atoms with Gasteiger partial charge in [0, 0.05) is 24.4 Å². The maximum atomic E-state index is 5.98. The highest BCUT2D eigenvalue weighted by molar-refractivity contribution is 8.02. The molecule has 4 N–H and O–H groups in total. The van der Waals surface area contributed by atoms with Gasteiger partial charge in [-0.25, -0.2) is 0 Å². The number of benzene rings is 1. The number of allylic oxidation sites excluding steroid dienone is 1. The maximum absolute atomic E-state index is 5.98. The first-order chi connectivity index (χ1) is 10.6. The van der Waals surface area contributed by atoms with Gasteiger partial charge in [-0.15, -0.1) is 11.8 Å². The zero-order valence-electron chi connectivity index (χ0n) is 16.0. The van der Waals surface area contributed by atoms with Gasteiger partial charge in [0.15, 0.2) is 0 Å². The molecule has 0 fully saturated rings. The molecule has 0 aromatic heterocycles. The highest BCUT2D eigenvalue weighted by atomic mass is 32.2. The quantitative estimate of drug-likeness (QED) is 0.711. The topological polar surface area (TPSA) is 52.0 Å². The van der Waals surface area contributed by atoms with Crippen LogP contribution in [0.25, 0.3) is 0 Å². The Kier molecular flexibility index (Phi) is 23.7. The second-order valence-electron chi connectivity index (χ2n) is 3.90. The van der Waals surface area contributed by atoms with Crippen molar-refractivity contribution in [2.45, 2.75) is 61.8 Å². The first kappa shape index (κ1) is 26.0. The molecule has 0 aliphatic heterocycles. The molecule has 2 nitrogen and oxygen atoms in total. The summed E-state index contributed by atoms with van der Waals surface area (Å²) in [5.41, 5.74) is 16.3. The van der Waals surface area contributed by atoms with E-state index in [1.165, 1.54) is 16.7 Å². The zero-order valence-corrected chi connectivity index (χ0v) is 16.8. The van der Waals surface area contributed by atoms with E-state index < -0.39 is 0 Å². The fraction of sp³-hybridized carbons (Fsp3) is 0.579. The van der Waals surface area contributed by atoms with Crippen molar-refractivity contribution in [3.63, 3.8) is 0 Å². The molecular formula is C19H38N2S. The number of hydrogen-bond acceptors (Lipinski definition) is 3. The van der Waals surface area contributed by atoms with E-state index >= 15 is 0 Å². The molecule has 0 bridgehead atoms. The van der Waals surface area contributed by atoms with Crippen LogP contribution in [0.1, 0.15) is 58.2 Å². The normalized spacial score (nSPS) is 9.41. The van der Waals surface area contributed by atoms with Gasteiger partial charge in [-0.3, -0.25) is 0 Å². The molecule has 0 saturated carbocycles. The first-order valence-electron chi connectivity index (χ1n) is 8.46. The summed E-state index contributed by atoms with van der Waals surface area (Å²) in [6.07, 6.45) is 0.829. The average molecular weight is 327 g/mol. The van der Waals surface area contributed by atoms with E-state index in [4.69, 9.17) is 11.5 Å². The van der Waals surface area contributed by atoms with Crippen LogP contribution in [0.2, 0.25) is 0 Å². The number of hydrogen-bond donors (Lipinski definition) is 2. The Bertz CT molecular complexity index is 353. The Labute approximate surface area is 143 Å². The van der Waals surface area contributed by atoms with E-state index in [1.54, 1.807) is 11.8 Å². The third-order valence-corrected chi connectivity index (χ3v) is 3.44. The molecule has 0 aliphatic rings. The molecule has 0 aliphatic carbocycles. The summed E-state index contributed by atoms with van der Waals surface area (Å²) in [7, 11) is 0. The van der Waals surface area contributed by atoms with E-state index in [1.807, 2.05) is 47.0 Å². The summed E-state index contributed by atoms with van der Waals surface area (Å²) in [5.74, 6) is 0.924. The molecule has 1 aromatic rings. The Morgan fingerprint density at radius 3 is 1.86 bits per heavy atom. The van der Waals surface area contributed by atoms with Gasteiger partial charge in [0.05, 0.1) is 0 Å². The lowest BCUT2D eigenvalue weighted by atomic mass is 9.99. The summed E-state index contributed by atoms with van der Waals surface area (Å²) in [5, 5.41) is 2.01. The molecule has 0 heterocycles. The summed E-state index contributed by atoms with van der Waals surface area (Å²) in [6, 6.07) is 6.34. The molecule has 3 heteroatoms. The fourth-order valence-electron chi connectivity index (χ4n) is 1.61. The third-order valence-electron chi connectivity index (χ3n) is 2.50. The summed E-state index contributed by atoms with van der Waals surface area (Å²) < 4.78 is 0. The Hall–Kier alpha value is -0.930. The van der Waals surface area contributed by atoms with Gasteiger partial charge in [0.1, 0.15) is 0 Å². The number of nitrogens with two attached hydrogens (primary N) is 2. The fourth-order valence-corrected chi connectivity index (χ4v) is 2.16. The number of aryl methyl sites for hydroxylation is 2. The van der Waals surface area contributed by atoms with Gasteiger partial charge >= 0.3 is 0 Å². The smallest absolute Gasteiger partial charge is 0.0189 e. The van der Waals surface area contributed by atoms with Crippen molar-refractivity contribution >= 4 is 11.8 Å². The van der Waals surface area contributed by atoms with E-state index in [2.05, 4.69) is 32.0 Å². The van der Waals surface area contributed by atoms with E-state index in [-0.39, 0.29) is 0 Å². The first-order valence-corrected chi connectivity index (χ1v) is 9.51. The molecular weight excluding hydrogens is 288 g/mol. The predicted molar refractivity (Wildman–Crippen MR) is 107 cm³/mol. The molecule has 0 spiro atoms. The molecule has 0 atom stereocenters. The summed E-state index contributed by atoms with van der Waals surface area (Å²) >= 11 is 1.68. The van der Waals surface area contributed by atoms with Crippen LogP contribution in [0.5, 0.6) is 0 Å². The molecule has 0 radical (unpaired) electrons. The lowest BCUT2D eigenvalue weighted by molar-refractivity contribution is 1.07. The standard InChI is InChI=1S/C13H20N2S.3C2H6/c1-10-4-3-5-11(2)13(10)8-12(15)9-16-7-6-14;3*1-2/h3-5,9H,6-8,14-15H2,1-2H3;3*1-2H3/b12-9-;;;. The van der Waals surface area contributed by atoms with Crippen LogP contribution in [-0.2, 0) is 6.42 Å². The van der Waals surface area contributed by atoms with Gasteiger partial charge in [0.2, 0.25) is 0 Å². The monoisotopic (exact) mass is 326 g/mol. The van der Waals surface area contributed by atoms with Gasteiger partial charge in [-0.05, 0) is 35.9 Å². The molecule has 130 valence electrons. The van der Waals surface area contributed by atoms with Crippen molar-refractivity contribution in [1.82, 2.24) is 0 Å². The van der Waals surface area contributed by atoms with E-state index in [9.17, 15) is 0 Å². The van der Waals surface area contributed by atoms with Crippen LogP contribution < -0.4 is 11.5 Å². The Balaban J connectivity index is -0.000000535. The van der Waals surface area contributed by atoms with Gasteiger partial charge in [-0.2, -0.15) is 0 Å². The van der Waals surface area contributed by atoms with Crippen LogP contribution in [0.4, 0.5) is 0 Å². The predicted octanol–water partition coefficient (Wildman–Crippen LogP) is 5.42. The van der Waals surface area contributed by atoms with Crippen molar-refractivity contribution in [3.8, 4) is 0 Å². The number of thioether (sulfide) groups is 1. The van der Waals surface area contributed by atoms with Gasteiger partial charge < -0.3 is 11.5 Å². The molecule has 1 rings (SSSR count).